The molecule has 0 aromatic heterocycles. The summed E-state index contributed by atoms with van der Waals surface area (Å²) in [4.78, 5) is 9.90. The Bertz CT molecular complexity index is 2120. The first-order valence-corrected chi connectivity index (χ1v) is 15.9. The van der Waals surface area contributed by atoms with Crippen molar-refractivity contribution in [3.05, 3.63) is 139 Å². The Morgan fingerprint density at radius 3 is 1.98 bits per heavy atom. The normalized spacial score (nSPS) is 13.7. The number of fused-ring (bicyclic) bond motifs is 7. The standard InChI is InChI=1S/C37H22BN3S2/c39-23-24-18-20-26(21-19-24)40-30-15-7-9-17-33(30)43-37-31(40)22-34-35-36(37)41(25-10-2-1-3-11-25)29-14-6-4-12-27(29)38(35)28-13-5-8-16-32(28)42-34/h1-22H. The molecule has 3 nitrogen and oxygen atoms in total. The van der Waals surface area contributed by atoms with Crippen molar-refractivity contribution in [1.82, 2.24) is 0 Å². The molecule has 0 radical (unpaired) electrons. The summed E-state index contributed by atoms with van der Waals surface area (Å²) >= 11 is 3.73. The lowest BCUT2D eigenvalue weighted by Crippen LogP contribution is -2.60. The zero-order chi connectivity index (χ0) is 28.5. The van der Waals surface area contributed by atoms with Crippen molar-refractivity contribution in [2.45, 2.75) is 19.6 Å². The quantitative estimate of drug-likeness (QED) is 0.191. The third-order valence-corrected chi connectivity index (χ3v) is 10.8. The SMILES string of the molecule is N#Cc1ccc(N2c3ccccc3Sc3c2cc2c4c3N(c3ccccc3)c3ccccc3B4c3ccccc3S2)cc1. The lowest BCUT2D eigenvalue weighted by Gasteiger charge is -2.44. The third-order valence-electron chi connectivity index (χ3n) is 8.52. The van der Waals surface area contributed by atoms with Crippen molar-refractivity contribution < 1.29 is 0 Å². The van der Waals surface area contributed by atoms with Crippen molar-refractivity contribution in [3.63, 3.8) is 0 Å². The second kappa shape index (κ2) is 9.60. The number of nitrogens with zero attached hydrogens (tertiary/aromatic N) is 3. The van der Waals surface area contributed by atoms with Crippen molar-refractivity contribution in [1.29, 1.82) is 5.26 Å². The predicted octanol–water partition coefficient (Wildman–Crippen LogP) is 8.26. The van der Waals surface area contributed by atoms with Gasteiger partial charge in [-0.1, -0.05) is 95.7 Å². The number of hydrogen-bond donors (Lipinski definition) is 0. The van der Waals surface area contributed by atoms with Gasteiger partial charge in [0.1, 0.15) is 0 Å². The number of anilines is 6. The Hall–Kier alpha value is -4.83. The summed E-state index contributed by atoms with van der Waals surface area (Å²) < 4.78 is 0. The molecule has 3 aliphatic heterocycles. The van der Waals surface area contributed by atoms with Crippen molar-refractivity contribution in [2.75, 3.05) is 9.80 Å². The zero-order valence-electron chi connectivity index (χ0n) is 22.9. The summed E-state index contributed by atoms with van der Waals surface area (Å²) in [6.45, 7) is 0.144. The molecule has 6 aromatic rings. The van der Waals surface area contributed by atoms with Crippen molar-refractivity contribution in [3.8, 4) is 6.07 Å². The largest absolute Gasteiger partial charge is 0.310 e. The second-order valence-electron chi connectivity index (χ2n) is 10.9. The molecule has 0 spiro atoms. The van der Waals surface area contributed by atoms with E-state index >= 15 is 0 Å². The van der Waals surface area contributed by atoms with Gasteiger partial charge in [-0.3, -0.25) is 0 Å². The van der Waals surface area contributed by atoms with Crippen LogP contribution in [0.1, 0.15) is 5.56 Å². The molecule has 6 aromatic carbocycles. The molecule has 0 bridgehead atoms. The lowest BCUT2D eigenvalue weighted by atomic mass is 9.35. The van der Waals surface area contributed by atoms with Gasteiger partial charge in [-0.15, -0.1) is 0 Å². The molecule has 0 atom stereocenters. The van der Waals surface area contributed by atoms with Gasteiger partial charge < -0.3 is 9.80 Å². The average Bonchev–Trinajstić information content (AvgIpc) is 3.07. The van der Waals surface area contributed by atoms with E-state index < -0.39 is 0 Å². The van der Waals surface area contributed by atoms with E-state index in [9.17, 15) is 5.26 Å². The number of rotatable bonds is 2. The van der Waals surface area contributed by atoms with Crippen LogP contribution in [0.5, 0.6) is 0 Å². The summed E-state index contributed by atoms with van der Waals surface area (Å²) in [6.07, 6.45) is 0. The molecule has 3 heterocycles. The summed E-state index contributed by atoms with van der Waals surface area (Å²) in [6, 6.07) is 49.8. The fraction of sp³-hybridized carbons (Fsp3) is 0. The minimum absolute atomic E-state index is 0.144. The molecule has 0 amide bonds. The van der Waals surface area contributed by atoms with Crippen LogP contribution in [0.2, 0.25) is 0 Å². The molecule has 0 N–H and O–H groups in total. The molecular weight excluding hydrogens is 561 g/mol. The molecule has 0 saturated carbocycles. The van der Waals surface area contributed by atoms with Crippen LogP contribution in [0.4, 0.5) is 34.1 Å². The van der Waals surface area contributed by atoms with E-state index in [1.54, 1.807) is 0 Å². The van der Waals surface area contributed by atoms with Gasteiger partial charge in [-0.05, 0) is 77.7 Å². The van der Waals surface area contributed by atoms with Crippen LogP contribution >= 0.6 is 23.5 Å². The highest BCUT2D eigenvalue weighted by molar-refractivity contribution is 8.00. The van der Waals surface area contributed by atoms with E-state index in [0.717, 1.165) is 22.7 Å². The smallest absolute Gasteiger partial charge is 0.249 e. The van der Waals surface area contributed by atoms with Gasteiger partial charge in [0.25, 0.3) is 0 Å². The van der Waals surface area contributed by atoms with Crippen LogP contribution < -0.4 is 26.2 Å². The minimum Gasteiger partial charge on any atom is -0.310 e. The van der Waals surface area contributed by atoms with Crippen LogP contribution in [-0.2, 0) is 0 Å². The van der Waals surface area contributed by atoms with Gasteiger partial charge in [0.2, 0.25) is 6.71 Å². The summed E-state index contributed by atoms with van der Waals surface area (Å²) in [5, 5.41) is 9.51. The highest BCUT2D eigenvalue weighted by Crippen LogP contribution is 2.57. The Balaban J connectivity index is 1.40. The van der Waals surface area contributed by atoms with Gasteiger partial charge in [-0.25, -0.2) is 0 Å². The van der Waals surface area contributed by atoms with E-state index in [2.05, 4.69) is 137 Å². The third kappa shape index (κ3) is 3.66. The van der Waals surface area contributed by atoms with Crippen LogP contribution in [0, 0.1) is 11.3 Å². The summed E-state index contributed by atoms with van der Waals surface area (Å²) in [7, 11) is 0. The Morgan fingerprint density at radius 2 is 1.19 bits per heavy atom. The molecular formula is C37H22BN3S2. The maximum Gasteiger partial charge on any atom is 0.249 e. The Morgan fingerprint density at radius 1 is 0.535 bits per heavy atom. The van der Waals surface area contributed by atoms with E-state index in [-0.39, 0.29) is 6.71 Å². The highest BCUT2D eigenvalue weighted by atomic mass is 32.2. The lowest BCUT2D eigenvalue weighted by molar-refractivity contribution is 1.13. The van der Waals surface area contributed by atoms with Crippen LogP contribution in [0.3, 0.4) is 0 Å². The first-order chi connectivity index (χ1) is 21.3. The summed E-state index contributed by atoms with van der Waals surface area (Å²) in [5.41, 5.74) is 11.7. The van der Waals surface area contributed by atoms with Crippen molar-refractivity contribution in [2.24, 2.45) is 0 Å². The first kappa shape index (κ1) is 24.7. The molecule has 200 valence electrons. The fourth-order valence-electron chi connectivity index (χ4n) is 6.72. The number of nitriles is 1. The molecule has 9 rings (SSSR count). The van der Waals surface area contributed by atoms with Crippen LogP contribution in [-0.4, -0.2) is 6.71 Å². The Kier molecular flexibility index (Phi) is 5.53. The predicted molar refractivity (Wildman–Crippen MR) is 180 cm³/mol. The van der Waals surface area contributed by atoms with Gasteiger partial charge >= 0.3 is 0 Å². The highest BCUT2D eigenvalue weighted by Gasteiger charge is 2.44. The molecule has 43 heavy (non-hydrogen) atoms. The fourth-order valence-corrected chi connectivity index (χ4v) is 9.09. The number of benzene rings is 6. The maximum absolute atomic E-state index is 9.51. The molecule has 3 aliphatic rings. The van der Waals surface area contributed by atoms with Gasteiger partial charge in [0.05, 0.1) is 33.6 Å². The zero-order valence-corrected chi connectivity index (χ0v) is 24.6. The molecule has 0 aliphatic carbocycles. The van der Waals surface area contributed by atoms with E-state index in [0.29, 0.717) is 5.56 Å². The molecule has 0 unspecified atom stereocenters. The van der Waals surface area contributed by atoms with Crippen LogP contribution in [0.25, 0.3) is 0 Å². The molecule has 0 saturated heterocycles. The topological polar surface area (TPSA) is 30.3 Å². The van der Waals surface area contributed by atoms with E-state index in [1.165, 1.54) is 47.3 Å². The van der Waals surface area contributed by atoms with E-state index in [4.69, 9.17) is 0 Å². The second-order valence-corrected chi connectivity index (χ2v) is 13.0. The summed E-state index contributed by atoms with van der Waals surface area (Å²) in [5.74, 6) is 0. The molecule has 6 heteroatoms. The molecule has 0 fully saturated rings. The van der Waals surface area contributed by atoms with Gasteiger partial charge in [-0.2, -0.15) is 5.26 Å². The van der Waals surface area contributed by atoms with Gasteiger partial charge in [0.15, 0.2) is 0 Å². The Labute approximate surface area is 259 Å². The average molecular weight is 584 g/mol. The monoisotopic (exact) mass is 583 g/mol. The number of hydrogen-bond acceptors (Lipinski definition) is 5. The van der Waals surface area contributed by atoms with Crippen molar-refractivity contribution >= 4 is 80.7 Å². The minimum atomic E-state index is 0.144. The maximum atomic E-state index is 9.51. The first-order valence-electron chi connectivity index (χ1n) is 14.3. The van der Waals surface area contributed by atoms with E-state index in [1.807, 2.05) is 35.7 Å². The number of para-hydroxylation sites is 3. The van der Waals surface area contributed by atoms with Gasteiger partial charge in [0, 0.05) is 31.7 Å². The van der Waals surface area contributed by atoms with Crippen LogP contribution in [0.15, 0.2) is 153 Å².